The number of halogens is 4. The van der Waals surface area contributed by atoms with E-state index in [2.05, 4.69) is 15.1 Å². The van der Waals surface area contributed by atoms with Crippen molar-refractivity contribution in [1.29, 1.82) is 0 Å². The van der Waals surface area contributed by atoms with E-state index in [1.54, 1.807) is 19.3 Å². The molecule has 14 nitrogen and oxygen atoms in total. The third-order valence-corrected chi connectivity index (χ3v) is 9.75. The predicted octanol–water partition coefficient (Wildman–Crippen LogP) is 4.01. The van der Waals surface area contributed by atoms with Gasteiger partial charge in [0.05, 0.1) is 17.6 Å². The molecule has 0 spiro atoms. The Labute approximate surface area is 275 Å². The number of carbonyl (C=O) groups excluding carboxylic acids is 1. The number of aliphatic hydroxyl groups is 2. The van der Waals surface area contributed by atoms with Crippen LogP contribution in [0.2, 0.25) is 5.02 Å². The normalized spacial score (nSPS) is 25.4. The van der Waals surface area contributed by atoms with Gasteiger partial charge in [-0.25, -0.2) is 25.2 Å². The van der Waals surface area contributed by atoms with Gasteiger partial charge in [-0.1, -0.05) is 23.7 Å². The van der Waals surface area contributed by atoms with Crippen LogP contribution in [0.15, 0.2) is 61.1 Å². The Hall–Kier alpha value is -3.80. The van der Waals surface area contributed by atoms with Crippen molar-refractivity contribution in [3.63, 3.8) is 0 Å². The van der Waals surface area contributed by atoms with Gasteiger partial charge in [-0.2, -0.15) is 18.3 Å². The number of benzene rings is 2. The number of rotatable bonds is 9. The average Bonchev–Trinajstić information content (AvgIpc) is 3.55. The second-order valence-electron chi connectivity index (χ2n) is 11.3. The Kier molecular flexibility index (Phi) is 8.93. The first-order valence-corrected chi connectivity index (χ1v) is 16.2. The van der Waals surface area contributed by atoms with Crippen molar-refractivity contribution in [1.82, 2.24) is 19.6 Å². The summed E-state index contributed by atoms with van der Waals surface area (Å²) < 4.78 is 79.5. The molecule has 256 valence electrons. The lowest BCUT2D eigenvalue weighted by atomic mass is 9.94. The van der Waals surface area contributed by atoms with Gasteiger partial charge in [0.2, 0.25) is 0 Å². The van der Waals surface area contributed by atoms with E-state index in [1.165, 1.54) is 53.2 Å². The molecule has 1 fully saturated rings. The standard InChI is InChI=1S/C29H29ClF3N6O8P/c1-28(42)23(40)21(46-27(28)39-11-10-18-24(38(2)34)35-14-36-25(18)39)13-45-48(43,47-16-8-6-15(30)7-9-16)37-22-17-4-3-5-20(29(31,32)33)19(17)12-44-26(22)41/h3-11,14,21-23,27,40,42H,12-13,34H2,1-2H3,(H,37,43)/t21?,22?,23-,27?,28-,48?/m1/s1. The van der Waals surface area contributed by atoms with Gasteiger partial charge in [-0.15, -0.1) is 0 Å². The minimum absolute atomic E-state index is 0.0411. The highest BCUT2D eigenvalue weighted by Crippen LogP contribution is 2.50. The van der Waals surface area contributed by atoms with Gasteiger partial charge in [-0.05, 0) is 48.9 Å². The molecule has 5 N–H and O–H groups in total. The Bertz CT molecular complexity index is 1890. The molecule has 4 aromatic rings. The number of hydrogen-bond donors (Lipinski definition) is 4. The fourth-order valence-corrected chi connectivity index (χ4v) is 7.25. The zero-order chi connectivity index (χ0) is 34.6. The number of fused-ring (bicyclic) bond motifs is 2. The molecule has 6 rings (SSSR count). The molecule has 19 heteroatoms. The number of aromatic nitrogens is 3. The Morgan fingerprint density at radius 2 is 1.96 bits per heavy atom. The fraction of sp³-hybridized carbons (Fsp3) is 0.345. The molecule has 0 amide bonds. The fourth-order valence-electron chi connectivity index (χ4n) is 5.64. The van der Waals surface area contributed by atoms with Crippen LogP contribution in [-0.2, 0) is 36.1 Å². The van der Waals surface area contributed by atoms with Crippen molar-refractivity contribution < 1.29 is 51.3 Å². The smallest absolute Gasteiger partial charge is 0.459 e. The predicted molar refractivity (Wildman–Crippen MR) is 163 cm³/mol. The molecule has 2 aromatic heterocycles. The first-order valence-electron chi connectivity index (χ1n) is 14.3. The number of aliphatic hydroxyl groups excluding tert-OH is 1. The summed E-state index contributed by atoms with van der Waals surface area (Å²) in [7, 11) is -3.14. The number of anilines is 1. The molecule has 6 atom stereocenters. The first-order chi connectivity index (χ1) is 22.6. The van der Waals surface area contributed by atoms with Crippen LogP contribution >= 0.6 is 19.3 Å². The third kappa shape index (κ3) is 6.35. The molecule has 0 aliphatic carbocycles. The van der Waals surface area contributed by atoms with Crippen molar-refractivity contribution in [2.24, 2.45) is 5.84 Å². The number of hydrazine groups is 1. The molecule has 0 bridgehead atoms. The maximum absolute atomic E-state index is 14.3. The number of alkyl halides is 3. The molecule has 4 heterocycles. The lowest BCUT2D eigenvalue weighted by Crippen LogP contribution is -2.44. The van der Waals surface area contributed by atoms with Gasteiger partial charge >= 0.3 is 19.9 Å². The molecule has 0 saturated carbocycles. The summed E-state index contributed by atoms with van der Waals surface area (Å²) in [6.07, 6.45) is -6.15. The van der Waals surface area contributed by atoms with Crippen molar-refractivity contribution in [3.8, 4) is 5.75 Å². The second kappa shape index (κ2) is 12.6. The molecule has 0 radical (unpaired) electrons. The SMILES string of the molecule is CN(N)c1ncnc2c1ccn2C1OC(COP(=O)(NC2C(=O)OCc3c2cccc3C(F)(F)F)Oc2ccc(Cl)cc2)[C@@H](O)[C@@]1(C)O. The van der Waals surface area contributed by atoms with E-state index in [1.807, 2.05) is 0 Å². The lowest BCUT2D eigenvalue weighted by molar-refractivity contribution is -0.152. The van der Waals surface area contributed by atoms with Crippen molar-refractivity contribution in [2.75, 3.05) is 18.7 Å². The first kappa shape index (κ1) is 34.1. The molecule has 48 heavy (non-hydrogen) atoms. The van der Waals surface area contributed by atoms with Crippen LogP contribution in [0.3, 0.4) is 0 Å². The zero-order valence-electron chi connectivity index (χ0n) is 25.2. The van der Waals surface area contributed by atoms with Crippen molar-refractivity contribution >= 4 is 42.2 Å². The average molecular weight is 713 g/mol. The zero-order valence-corrected chi connectivity index (χ0v) is 26.8. The van der Waals surface area contributed by atoms with Gasteiger partial charge < -0.3 is 28.8 Å². The molecule has 2 aliphatic rings. The maximum atomic E-state index is 14.3. The van der Waals surface area contributed by atoms with Gasteiger partial charge in [0, 0.05) is 23.8 Å². The summed E-state index contributed by atoms with van der Waals surface area (Å²) in [5.74, 6) is 5.19. The number of nitrogens with zero attached hydrogens (tertiary/aromatic N) is 4. The van der Waals surface area contributed by atoms with E-state index in [-0.39, 0.29) is 16.9 Å². The molecule has 2 aliphatic heterocycles. The molecule has 4 unspecified atom stereocenters. The summed E-state index contributed by atoms with van der Waals surface area (Å²) in [5.41, 5.74) is -3.14. The Morgan fingerprint density at radius 3 is 2.65 bits per heavy atom. The van der Waals surface area contributed by atoms with Crippen LogP contribution in [0.5, 0.6) is 5.75 Å². The monoisotopic (exact) mass is 712 g/mol. The summed E-state index contributed by atoms with van der Waals surface area (Å²) >= 11 is 5.96. The number of cyclic esters (lactones) is 1. The minimum Gasteiger partial charge on any atom is -0.459 e. The largest absolute Gasteiger partial charge is 0.459 e. The topological polar surface area (TPSA) is 184 Å². The highest BCUT2D eigenvalue weighted by molar-refractivity contribution is 7.52. The van der Waals surface area contributed by atoms with Crippen LogP contribution < -0.4 is 20.5 Å². The number of carbonyl (C=O) groups is 1. The Balaban J connectivity index is 1.30. The highest BCUT2D eigenvalue weighted by Gasteiger charge is 2.54. The van der Waals surface area contributed by atoms with E-state index < -0.39 is 68.7 Å². The van der Waals surface area contributed by atoms with Crippen molar-refractivity contribution in [3.05, 3.63) is 82.8 Å². The van der Waals surface area contributed by atoms with Crippen LogP contribution in [0.1, 0.15) is 35.9 Å². The Morgan fingerprint density at radius 1 is 1.23 bits per heavy atom. The second-order valence-corrected chi connectivity index (χ2v) is 13.5. The quantitative estimate of drug-likeness (QED) is 0.0846. The van der Waals surface area contributed by atoms with Gasteiger partial charge in [0.1, 0.15) is 48.2 Å². The number of hydrogen-bond acceptors (Lipinski definition) is 12. The molecular formula is C29H29ClF3N6O8P. The number of nitrogens with one attached hydrogen (secondary N) is 1. The summed E-state index contributed by atoms with van der Waals surface area (Å²) in [4.78, 5) is 21.3. The summed E-state index contributed by atoms with van der Waals surface area (Å²) in [6, 6.07) is 8.69. The van der Waals surface area contributed by atoms with Crippen LogP contribution in [0, 0.1) is 0 Å². The van der Waals surface area contributed by atoms with E-state index in [4.69, 9.17) is 36.0 Å². The van der Waals surface area contributed by atoms with Crippen LogP contribution in [-0.4, -0.2) is 62.2 Å². The van der Waals surface area contributed by atoms with Crippen LogP contribution in [0.4, 0.5) is 19.0 Å². The van der Waals surface area contributed by atoms with E-state index in [0.29, 0.717) is 21.9 Å². The van der Waals surface area contributed by atoms with Gasteiger partial charge in [0.15, 0.2) is 12.0 Å². The van der Waals surface area contributed by atoms with Crippen molar-refractivity contribution in [2.45, 2.75) is 49.8 Å². The highest BCUT2D eigenvalue weighted by atomic mass is 35.5. The van der Waals surface area contributed by atoms with E-state index in [0.717, 1.165) is 12.1 Å². The molecular weight excluding hydrogens is 684 g/mol. The van der Waals surface area contributed by atoms with E-state index in [9.17, 15) is 32.7 Å². The van der Waals surface area contributed by atoms with E-state index >= 15 is 0 Å². The number of ether oxygens (including phenoxy) is 2. The van der Waals surface area contributed by atoms with Gasteiger partial charge in [-0.3, -0.25) is 9.53 Å². The summed E-state index contributed by atoms with van der Waals surface area (Å²) in [5, 5.41) is 27.1. The number of esters is 1. The number of nitrogens with two attached hydrogens (primary N) is 1. The molecule has 2 aromatic carbocycles. The third-order valence-electron chi connectivity index (χ3n) is 7.99. The lowest BCUT2D eigenvalue weighted by Gasteiger charge is -2.30. The minimum atomic E-state index is -4.76. The summed E-state index contributed by atoms with van der Waals surface area (Å²) in [6.45, 7) is -0.0275. The molecule has 1 saturated heterocycles. The maximum Gasteiger partial charge on any atom is 0.459 e. The van der Waals surface area contributed by atoms with Crippen LogP contribution in [0.25, 0.3) is 11.0 Å². The van der Waals surface area contributed by atoms with Gasteiger partial charge in [0.25, 0.3) is 0 Å².